The largest absolute Gasteiger partial charge is 1.00 e. The predicted octanol–water partition coefficient (Wildman–Crippen LogP) is -2.52. The van der Waals surface area contributed by atoms with Gasteiger partial charge in [-0.2, -0.15) is 0 Å². The van der Waals surface area contributed by atoms with Crippen LogP contribution in [-0.2, 0) is 4.57 Å². The van der Waals surface area contributed by atoms with Crippen LogP contribution in [0.1, 0.15) is 11.1 Å². The van der Waals surface area contributed by atoms with Crippen LogP contribution in [0, 0.1) is 13.8 Å². The molecule has 0 aliphatic rings. The number of rotatable bonds is 2. The fourth-order valence-corrected chi connectivity index (χ4v) is 2.67. The van der Waals surface area contributed by atoms with E-state index >= 15 is 0 Å². The van der Waals surface area contributed by atoms with E-state index < -0.39 is 7.82 Å². The molecule has 4 nitrogen and oxygen atoms in total. The second-order valence-electron chi connectivity index (χ2n) is 4.43. The van der Waals surface area contributed by atoms with Crippen LogP contribution in [0.15, 0.2) is 48.5 Å². The molecule has 0 atom stereocenters. The minimum atomic E-state index is -5.14. The fraction of sp³-hybridized carbons (Fsp3) is 0.143. The molecule has 0 spiro atoms. The zero-order valence-corrected chi connectivity index (χ0v) is 17.5. The fourth-order valence-electron chi connectivity index (χ4n) is 1.52. The molecule has 2 aromatic carbocycles. The van der Waals surface area contributed by atoms with Crippen LogP contribution < -0.4 is 71.8 Å². The second-order valence-corrected chi connectivity index (χ2v) is 6.99. The Morgan fingerprint density at radius 2 is 1.10 bits per heavy atom. The minimum absolute atomic E-state index is 0. The first-order chi connectivity index (χ1) is 9.24. The number of hydrogen-bond acceptors (Lipinski definition) is 3. The Morgan fingerprint density at radius 1 is 0.857 bits per heavy atom. The molecule has 0 bridgehead atoms. The summed E-state index contributed by atoms with van der Waals surface area (Å²) in [6, 6.07) is 17.7. The Kier molecular flexibility index (Phi) is 10.7. The molecule has 0 heterocycles. The van der Waals surface area contributed by atoms with Gasteiger partial charge >= 0.3 is 51.4 Å². The van der Waals surface area contributed by atoms with Gasteiger partial charge in [0.1, 0.15) is 0 Å². The minimum Gasteiger partial charge on any atom is -0.790 e. The van der Waals surface area contributed by atoms with E-state index in [1.165, 1.54) is 21.7 Å². The molecule has 0 saturated heterocycles. The third-order valence-corrected chi connectivity index (χ3v) is 3.92. The van der Waals surface area contributed by atoms with Crippen molar-refractivity contribution in [1.29, 1.82) is 0 Å². The van der Waals surface area contributed by atoms with Gasteiger partial charge in [-0.15, -0.1) is 0 Å². The first-order valence-corrected chi connectivity index (χ1v) is 8.62. The van der Waals surface area contributed by atoms with Crippen molar-refractivity contribution in [1.82, 2.24) is 0 Å². The third kappa shape index (κ3) is 11.8. The molecule has 21 heavy (non-hydrogen) atoms. The van der Waals surface area contributed by atoms with Crippen molar-refractivity contribution < 1.29 is 70.6 Å². The summed E-state index contributed by atoms with van der Waals surface area (Å²) in [6.45, 7) is 4.26. The summed E-state index contributed by atoms with van der Waals surface area (Å²) in [4.78, 5) is 24.3. The van der Waals surface area contributed by atoms with Crippen molar-refractivity contribution in [3.05, 3.63) is 59.7 Å². The van der Waals surface area contributed by atoms with Crippen molar-refractivity contribution >= 4 is 27.0 Å². The van der Waals surface area contributed by atoms with Gasteiger partial charge in [0, 0.05) is 0 Å². The monoisotopic (exact) mass is 350 g/mol. The number of benzene rings is 2. The summed E-state index contributed by atoms with van der Waals surface area (Å²) in [5, 5.41) is 2.92. The molecule has 0 saturated carbocycles. The molecule has 0 aromatic heterocycles. The van der Waals surface area contributed by atoms with Gasteiger partial charge in [0.2, 0.25) is 0 Å². The average Bonchev–Trinajstić information content (AvgIpc) is 2.33. The van der Waals surface area contributed by atoms with Gasteiger partial charge in [-0.1, -0.05) is 35.4 Å². The molecule has 2 rings (SSSR count). The molecule has 0 fully saturated rings. The van der Waals surface area contributed by atoms with E-state index in [4.69, 9.17) is 19.2 Å². The summed E-state index contributed by atoms with van der Waals surface area (Å²) < 4.78 is 8.66. The van der Waals surface area contributed by atoms with Crippen LogP contribution >= 0.6 is 16.4 Å². The Labute approximate surface area is 169 Å². The van der Waals surface area contributed by atoms with Crippen molar-refractivity contribution in [3.63, 3.8) is 0 Å². The molecular formula is C14H17KO4P2. The summed E-state index contributed by atoms with van der Waals surface area (Å²) in [6.07, 6.45) is 0. The van der Waals surface area contributed by atoms with Crippen LogP contribution in [0.3, 0.4) is 0 Å². The standard InChI is InChI=1S/C14H15P.K.H3O4P/c1-11-3-7-13(8-4-11)15-14-9-5-12(2)6-10-14;;1-5(2,3)4/h3-10,15H,1-2H3;;(H3,1,2,3,4)/q;+1;/p-1. The normalized spacial score (nSPS) is 10.1. The molecule has 7 heteroatoms. The predicted molar refractivity (Wildman–Crippen MR) is 81.2 cm³/mol. The molecule has 0 unspecified atom stereocenters. The molecule has 0 radical (unpaired) electrons. The Bertz CT molecular complexity index is 527. The van der Waals surface area contributed by atoms with E-state index in [0.29, 0.717) is 0 Å². The molecule has 108 valence electrons. The van der Waals surface area contributed by atoms with E-state index in [1.807, 2.05) is 0 Å². The van der Waals surface area contributed by atoms with E-state index in [9.17, 15) is 0 Å². The summed E-state index contributed by atoms with van der Waals surface area (Å²) in [5.41, 5.74) is 2.67. The summed E-state index contributed by atoms with van der Waals surface area (Å²) in [7, 11) is -4.89. The molecule has 0 aliphatic heterocycles. The van der Waals surface area contributed by atoms with Gasteiger partial charge in [-0.3, -0.25) is 0 Å². The first kappa shape index (κ1) is 21.6. The van der Waals surface area contributed by atoms with Gasteiger partial charge in [0.05, 0.1) is 27.0 Å². The summed E-state index contributed by atoms with van der Waals surface area (Å²) >= 11 is 0. The van der Waals surface area contributed by atoms with E-state index in [2.05, 4.69) is 62.4 Å². The van der Waals surface area contributed by atoms with Crippen molar-refractivity contribution in [2.75, 3.05) is 0 Å². The Morgan fingerprint density at radius 3 is 1.33 bits per heavy atom. The maximum Gasteiger partial charge on any atom is 1.00 e. The van der Waals surface area contributed by atoms with Gasteiger partial charge in [0.25, 0.3) is 0 Å². The van der Waals surface area contributed by atoms with Crippen molar-refractivity contribution in [2.45, 2.75) is 13.8 Å². The third-order valence-electron chi connectivity index (χ3n) is 2.49. The zero-order valence-electron chi connectivity index (χ0n) is 12.3. The van der Waals surface area contributed by atoms with Crippen LogP contribution in [0.4, 0.5) is 0 Å². The smallest absolute Gasteiger partial charge is 0.790 e. The van der Waals surface area contributed by atoms with Gasteiger partial charge in [0.15, 0.2) is 0 Å². The van der Waals surface area contributed by atoms with Gasteiger partial charge in [-0.25, -0.2) is 0 Å². The first-order valence-electron chi connectivity index (χ1n) is 5.97. The van der Waals surface area contributed by atoms with E-state index in [0.717, 1.165) is 0 Å². The Balaban J connectivity index is 0.000000583. The Hall–Kier alpha value is 0.616. The second kappa shape index (κ2) is 10.4. The topological polar surface area (TPSA) is 83.4 Å². The van der Waals surface area contributed by atoms with E-state index in [-0.39, 0.29) is 60.0 Å². The van der Waals surface area contributed by atoms with Crippen LogP contribution in [0.5, 0.6) is 0 Å². The SMILES string of the molecule is Cc1ccc([PH2+]c2ccc(C)cc2)cc1.O=P([O-])([O-])O.[K+]. The van der Waals surface area contributed by atoms with Gasteiger partial charge in [-0.05, 0) is 38.1 Å². The van der Waals surface area contributed by atoms with Crippen LogP contribution in [-0.4, -0.2) is 4.89 Å². The molecule has 0 amide bonds. The molecule has 0 aliphatic carbocycles. The van der Waals surface area contributed by atoms with E-state index in [1.54, 1.807) is 0 Å². The quantitative estimate of drug-likeness (QED) is 0.479. The van der Waals surface area contributed by atoms with Crippen molar-refractivity contribution in [2.24, 2.45) is 0 Å². The van der Waals surface area contributed by atoms with Gasteiger partial charge < -0.3 is 19.2 Å². The molecule has 2 aromatic rings. The number of aryl methyl sites for hydroxylation is 2. The number of hydrogen-bond donors (Lipinski definition) is 1. The zero-order chi connectivity index (χ0) is 15.2. The maximum absolute atomic E-state index is 8.66. The average molecular weight is 350 g/mol. The molecular weight excluding hydrogens is 333 g/mol. The summed E-state index contributed by atoms with van der Waals surface area (Å²) in [5.74, 6) is 0. The number of phosphoric acid groups is 1. The molecule has 1 N–H and O–H groups in total. The van der Waals surface area contributed by atoms with Crippen LogP contribution in [0.25, 0.3) is 0 Å². The maximum atomic E-state index is 8.66. The van der Waals surface area contributed by atoms with Crippen LogP contribution in [0.2, 0.25) is 0 Å². The van der Waals surface area contributed by atoms with Crippen molar-refractivity contribution in [3.8, 4) is 0 Å².